The van der Waals surface area contributed by atoms with Crippen molar-refractivity contribution in [2.45, 2.75) is 51.5 Å². The molecule has 28 heavy (non-hydrogen) atoms. The summed E-state index contributed by atoms with van der Waals surface area (Å²) < 4.78 is 29.9. The van der Waals surface area contributed by atoms with Crippen LogP contribution in [0.5, 0.6) is 0 Å². The number of fused-ring (bicyclic) bond motifs is 1. The van der Waals surface area contributed by atoms with Gasteiger partial charge in [-0.1, -0.05) is 13.8 Å². The Morgan fingerprint density at radius 1 is 1.29 bits per heavy atom. The van der Waals surface area contributed by atoms with E-state index in [1.165, 1.54) is 4.31 Å². The Bertz CT molecular complexity index is 934. The zero-order valence-corrected chi connectivity index (χ0v) is 17.8. The number of carbonyl (C=O) groups excluding carboxylic acids is 1. The van der Waals surface area contributed by atoms with Gasteiger partial charge >= 0.3 is 0 Å². The molecule has 1 aliphatic rings. The number of hydrogen-bond donors (Lipinski definition) is 1. The first kappa shape index (κ1) is 20.9. The Hall–Kier alpha value is -1.86. The SMILES string of the molecule is CCn1ccc2cc(S(=O)(=O)N3CCC[C@H](C(=O)NCCC(C)C)C3)ccc21. The molecule has 0 radical (unpaired) electrons. The summed E-state index contributed by atoms with van der Waals surface area (Å²) in [5, 5.41) is 3.89. The van der Waals surface area contributed by atoms with Crippen LogP contribution in [0.4, 0.5) is 0 Å². The lowest BCUT2D eigenvalue weighted by Gasteiger charge is -2.31. The number of piperidine rings is 1. The van der Waals surface area contributed by atoms with Crippen LogP contribution in [0.3, 0.4) is 0 Å². The fourth-order valence-corrected chi connectivity index (χ4v) is 5.33. The van der Waals surface area contributed by atoms with Crippen molar-refractivity contribution in [1.29, 1.82) is 0 Å². The van der Waals surface area contributed by atoms with E-state index >= 15 is 0 Å². The van der Waals surface area contributed by atoms with Crippen molar-refractivity contribution in [1.82, 2.24) is 14.2 Å². The molecule has 1 atom stereocenters. The van der Waals surface area contributed by atoms with E-state index in [2.05, 4.69) is 30.7 Å². The highest BCUT2D eigenvalue weighted by Crippen LogP contribution is 2.27. The number of sulfonamides is 1. The van der Waals surface area contributed by atoms with Crippen LogP contribution in [-0.4, -0.2) is 42.8 Å². The van der Waals surface area contributed by atoms with Crippen molar-refractivity contribution in [2.24, 2.45) is 11.8 Å². The normalized spacial score (nSPS) is 18.6. The van der Waals surface area contributed by atoms with Crippen LogP contribution in [0.15, 0.2) is 35.4 Å². The molecule has 1 N–H and O–H groups in total. The summed E-state index contributed by atoms with van der Waals surface area (Å²) in [7, 11) is -3.61. The molecule has 1 fully saturated rings. The average molecular weight is 406 g/mol. The van der Waals surface area contributed by atoms with Gasteiger partial charge in [-0.15, -0.1) is 0 Å². The highest BCUT2D eigenvalue weighted by atomic mass is 32.2. The van der Waals surface area contributed by atoms with Crippen LogP contribution in [0.2, 0.25) is 0 Å². The number of nitrogens with zero attached hydrogens (tertiary/aromatic N) is 2. The number of rotatable bonds is 7. The molecule has 0 bridgehead atoms. The van der Waals surface area contributed by atoms with Gasteiger partial charge < -0.3 is 9.88 Å². The predicted octanol–water partition coefficient (Wildman–Crippen LogP) is 3.22. The molecule has 1 saturated heterocycles. The Labute approximate surface area is 168 Å². The van der Waals surface area contributed by atoms with E-state index in [4.69, 9.17) is 0 Å². The van der Waals surface area contributed by atoms with Gasteiger partial charge in [-0.2, -0.15) is 4.31 Å². The molecule has 0 saturated carbocycles. The maximum absolute atomic E-state index is 13.2. The second kappa shape index (κ2) is 8.66. The van der Waals surface area contributed by atoms with Crippen molar-refractivity contribution < 1.29 is 13.2 Å². The van der Waals surface area contributed by atoms with Crippen molar-refractivity contribution in [3.63, 3.8) is 0 Å². The van der Waals surface area contributed by atoms with E-state index in [9.17, 15) is 13.2 Å². The zero-order chi connectivity index (χ0) is 20.3. The first-order valence-corrected chi connectivity index (χ1v) is 11.6. The van der Waals surface area contributed by atoms with Crippen LogP contribution in [0, 0.1) is 11.8 Å². The summed E-state index contributed by atoms with van der Waals surface area (Å²) >= 11 is 0. The van der Waals surface area contributed by atoms with Crippen molar-refractivity contribution >= 4 is 26.8 Å². The molecule has 0 unspecified atom stereocenters. The fraction of sp³-hybridized carbons (Fsp3) is 0.571. The monoisotopic (exact) mass is 405 g/mol. The first-order chi connectivity index (χ1) is 13.3. The van der Waals surface area contributed by atoms with E-state index in [-0.39, 0.29) is 18.4 Å². The zero-order valence-electron chi connectivity index (χ0n) is 17.0. The third-order valence-electron chi connectivity index (χ3n) is 5.50. The maximum Gasteiger partial charge on any atom is 0.243 e. The maximum atomic E-state index is 13.2. The highest BCUT2D eigenvalue weighted by Gasteiger charge is 2.33. The Morgan fingerprint density at radius 3 is 2.79 bits per heavy atom. The van der Waals surface area contributed by atoms with E-state index in [1.807, 2.05) is 18.3 Å². The Kier molecular flexibility index (Phi) is 6.45. The van der Waals surface area contributed by atoms with Gasteiger partial charge in [0.15, 0.2) is 0 Å². The van der Waals surface area contributed by atoms with Crippen molar-refractivity contribution in [3.05, 3.63) is 30.5 Å². The molecule has 7 heteroatoms. The molecule has 2 heterocycles. The molecule has 154 valence electrons. The molecule has 1 aromatic heterocycles. The second-order valence-electron chi connectivity index (χ2n) is 8.00. The van der Waals surface area contributed by atoms with Gasteiger partial charge in [0.25, 0.3) is 0 Å². The highest BCUT2D eigenvalue weighted by molar-refractivity contribution is 7.89. The minimum atomic E-state index is -3.61. The summed E-state index contributed by atoms with van der Waals surface area (Å²) in [6.07, 6.45) is 4.34. The number of hydrogen-bond acceptors (Lipinski definition) is 3. The average Bonchev–Trinajstić information content (AvgIpc) is 3.10. The third kappa shape index (κ3) is 4.41. The van der Waals surface area contributed by atoms with E-state index < -0.39 is 10.0 Å². The number of carbonyl (C=O) groups is 1. The van der Waals surface area contributed by atoms with Gasteiger partial charge in [-0.05, 0) is 56.4 Å². The molecule has 6 nitrogen and oxygen atoms in total. The summed E-state index contributed by atoms with van der Waals surface area (Å²) in [5.41, 5.74) is 1.03. The van der Waals surface area contributed by atoms with Crippen LogP contribution in [-0.2, 0) is 21.4 Å². The summed E-state index contributed by atoms with van der Waals surface area (Å²) in [5.74, 6) is 0.220. The lowest BCUT2D eigenvalue weighted by Crippen LogP contribution is -2.45. The molecule has 0 aliphatic carbocycles. The van der Waals surface area contributed by atoms with Crippen LogP contribution in [0.25, 0.3) is 10.9 Å². The molecular weight excluding hydrogens is 374 g/mol. The molecule has 1 aliphatic heterocycles. The van der Waals surface area contributed by atoms with Crippen molar-refractivity contribution in [3.8, 4) is 0 Å². The molecule has 2 aromatic rings. The number of aromatic nitrogens is 1. The fourth-order valence-electron chi connectivity index (χ4n) is 3.77. The van der Waals surface area contributed by atoms with Crippen LogP contribution >= 0.6 is 0 Å². The van der Waals surface area contributed by atoms with Crippen LogP contribution in [0.1, 0.15) is 40.0 Å². The Morgan fingerprint density at radius 2 is 2.07 bits per heavy atom. The van der Waals surface area contributed by atoms with Gasteiger partial charge in [0.1, 0.15) is 0 Å². The molecule has 1 aromatic carbocycles. The summed E-state index contributed by atoms with van der Waals surface area (Å²) in [4.78, 5) is 12.8. The number of amides is 1. The lowest BCUT2D eigenvalue weighted by atomic mass is 9.98. The van der Waals surface area contributed by atoms with Gasteiger partial charge in [-0.3, -0.25) is 4.79 Å². The quantitative estimate of drug-likeness (QED) is 0.769. The standard InChI is InChI=1S/C21H31N3O3S/c1-4-23-13-10-17-14-19(7-8-20(17)23)28(26,27)24-12-5-6-18(15-24)21(25)22-11-9-16(2)3/h7-8,10,13-14,16,18H,4-6,9,11-12,15H2,1-3H3,(H,22,25)/t18-/m0/s1. The van der Waals surface area contributed by atoms with Crippen LogP contribution < -0.4 is 5.32 Å². The summed E-state index contributed by atoms with van der Waals surface area (Å²) in [6.45, 7) is 8.50. The smallest absolute Gasteiger partial charge is 0.243 e. The van der Waals surface area contributed by atoms with Gasteiger partial charge in [0, 0.05) is 43.3 Å². The third-order valence-corrected chi connectivity index (χ3v) is 7.36. The number of benzene rings is 1. The van der Waals surface area contributed by atoms with Gasteiger partial charge in [0.05, 0.1) is 10.8 Å². The van der Waals surface area contributed by atoms with Crippen molar-refractivity contribution in [2.75, 3.05) is 19.6 Å². The predicted molar refractivity (Wildman–Crippen MR) is 112 cm³/mol. The van der Waals surface area contributed by atoms with Gasteiger partial charge in [-0.25, -0.2) is 8.42 Å². The molecule has 3 rings (SSSR count). The number of nitrogens with one attached hydrogen (secondary N) is 1. The largest absolute Gasteiger partial charge is 0.356 e. The topological polar surface area (TPSA) is 71.4 Å². The minimum absolute atomic E-state index is 0.0315. The lowest BCUT2D eigenvalue weighted by molar-refractivity contribution is -0.126. The Balaban J connectivity index is 1.73. The van der Waals surface area contributed by atoms with Gasteiger partial charge in [0.2, 0.25) is 15.9 Å². The van der Waals surface area contributed by atoms with E-state index in [0.29, 0.717) is 30.3 Å². The van der Waals surface area contributed by atoms with E-state index in [0.717, 1.165) is 30.3 Å². The second-order valence-corrected chi connectivity index (χ2v) is 9.94. The molecular formula is C21H31N3O3S. The molecule has 0 spiro atoms. The van der Waals surface area contributed by atoms with E-state index in [1.54, 1.807) is 12.1 Å². The summed E-state index contributed by atoms with van der Waals surface area (Å²) in [6, 6.07) is 7.23. The minimum Gasteiger partial charge on any atom is -0.356 e. The first-order valence-electron chi connectivity index (χ1n) is 10.2. The number of aryl methyl sites for hydroxylation is 1. The molecule has 1 amide bonds.